The number of hydrogen-bond acceptors (Lipinski definition) is 3. The van der Waals surface area contributed by atoms with E-state index in [0.29, 0.717) is 11.4 Å². The van der Waals surface area contributed by atoms with Crippen LogP contribution in [0.4, 0.5) is 11.5 Å². The Labute approximate surface area is 115 Å². The van der Waals surface area contributed by atoms with Crippen LogP contribution in [0, 0.1) is 25.2 Å². The molecular formula is C14H12BrN3. The first-order chi connectivity index (χ1) is 8.58. The van der Waals surface area contributed by atoms with Gasteiger partial charge in [-0.2, -0.15) is 5.26 Å². The summed E-state index contributed by atoms with van der Waals surface area (Å²) < 4.78 is 0.796. The molecule has 0 aliphatic heterocycles. The number of benzene rings is 1. The van der Waals surface area contributed by atoms with Crippen molar-refractivity contribution in [2.75, 3.05) is 5.32 Å². The maximum absolute atomic E-state index is 9.08. The molecule has 0 fully saturated rings. The third kappa shape index (κ3) is 2.88. The molecule has 0 aliphatic carbocycles. The van der Waals surface area contributed by atoms with Crippen LogP contribution in [0.1, 0.15) is 16.7 Å². The van der Waals surface area contributed by atoms with Crippen LogP contribution in [-0.4, -0.2) is 4.98 Å². The lowest BCUT2D eigenvalue weighted by atomic mass is 10.1. The molecule has 2 rings (SSSR count). The van der Waals surface area contributed by atoms with E-state index in [4.69, 9.17) is 5.26 Å². The number of aromatic nitrogens is 1. The second-order valence-corrected chi connectivity index (χ2v) is 5.08. The molecule has 0 spiro atoms. The summed E-state index contributed by atoms with van der Waals surface area (Å²) in [7, 11) is 0. The van der Waals surface area contributed by atoms with Crippen molar-refractivity contribution in [1.82, 2.24) is 4.98 Å². The van der Waals surface area contributed by atoms with Crippen LogP contribution in [0.5, 0.6) is 0 Å². The van der Waals surface area contributed by atoms with Gasteiger partial charge in [-0.05, 0) is 59.1 Å². The Morgan fingerprint density at radius 1 is 1.17 bits per heavy atom. The maximum Gasteiger partial charge on any atom is 0.148 e. The Kier molecular flexibility index (Phi) is 3.63. The van der Waals surface area contributed by atoms with Gasteiger partial charge in [-0.25, -0.2) is 4.98 Å². The van der Waals surface area contributed by atoms with Crippen molar-refractivity contribution in [3.8, 4) is 6.07 Å². The predicted molar refractivity (Wildman–Crippen MR) is 75.9 cm³/mol. The number of pyridine rings is 1. The average Bonchev–Trinajstić information content (AvgIpc) is 2.30. The molecule has 1 heterocycles. The highest BCUT2D eigenvalue weighted by atomic mass is 79.9. The number of halogens is 1. The zero-order chi connectivity index (χ0) is 13.1. The van der Waals surface area contributed by atoms with Crippen molar-refractivity contribution < 1.29 is 0 Å². The zero-order valence-corrected chi connectivity index (χ0v) is 11.7. The first kappa shape index (κ1) is 12.6. The molecule has 0 amide bonds. The highest BCUT2D eigenvalue weighted by Crippen LogP contribution is 2.22. The van der Waals surface area contributed by atoms with Crippen LogP contribution in [0.25, 0.3) is 0 Å². The van der Waals surface area contributed by atoms with Crippen LogP contribution in [0.15, 0.2) is 34.9 Å². The van der Waals surface area contributed by atoms with Gasteiger partial charge in [0.05, 0.1) is 5.56 Å². The van der Waals surface area contributed by atoms with Crippen molar-refractivity contribution in [1.29, 1.82) is 5.26 Å². The second-order valence-electron chi connectivity index (χ2n) is 4.16. The van der Waals surface area contributed by atoms with E-state index < -0.39 is 0 Å². The molecule has 1 N–H and O–H groups in total. The molecule has 18 heavy (non-hydrogen) atoms. The van der Waals surface area contributed by atoms with E-state index in [-0.39, 0.29) is 0 Å². The van der Waals surface area contributed by atoms with E-state index in [1.165, 1.54) is 11.1 Å². The van der Waals surface area contributed by atoms with E-state index >= 15 is 0 Å². The Morgan fingerprint density at radius 2 is 1.83 bits per heavy atom. The molecule has 0 saturated heterocycles. The minimum atomic E-state index is 0.517. The van der Waals surface area contributed by atoms with E-state index in [0.717, 1.165) is 10.2 Å². The van der Waals surface area contributed by atoms with Gasteiger partial charge in [0.15, 0.2) is 0 Å². The van der Waals surface area contributed by atoms with Gasteiger partial charge >= 0.3 is 0 Å². The van der Waals surface area contributed by atoms with Gasteiger partial charge in [0.1, 0.15) is 11.9 Å². The van der Waals surface area contributed by atoms with Crippen molar-refractivity contribution in [2.24, 2.45) is 0 Å². The van der Waals surface area contributed by atoms with Gasteiger partial charge in [-0.15, -0.1) is 0 Å². The number of aryl methyl sites for hydroxylation is 2. The van der Waals surface area contributed by atoms with Gasteiger partial charge < -0.3 is 5.32 Å². The molecule has 0 bridgehead atoms. The SMILES string of the molecule is Cc1cc(C)cc(Nc2ncc(Br)cc2C#N)c1. The van der Waals surface area contributed by atoms with Crippen molar-refractivity contribution in [3.05, 3.63) is 51.6 Å². The monoisotopic (exact) mass is 301 g/mol. The maximum atomic E-state index is 9.08. The number of anilines is 2. The quantitative estimate of drug-likeness (QED) is 0.909. The van der Waals surface area contributed by atoms with Crippen molar-refractivity contribution in [2.45, 2.75) is 13.8 Å². The van der Waals surface area contributed by atoms with Gasteiger partial charge in [-0.3, -0.25) is 0 Å². The Balaban J connectivity index is 2.37. The average molecular weight is 302 g/mol. The molecule has 3 nitrogen and oxygen atoms in total. The third-order valence-electron chi connectivity index (χ3n) is 2.46. The minimum absolute atomic E-state index is 0.517. The normalized spacial score (nSPS) is 9.89. The number of hydrogen-bond donors (Lipinski definition) is 1. The molecule has 4 heteroatoms. The Hall–Kier alpha value is -1.86. The van der Waals surface area contributed by atoms with Crippen molar-refractivity contribution >= 4 is 27.4 Å². The Bertz CT molecular complexity index is 609. The standard InChI is InChI=1S/C14H12BrN3/c1-9-3-10(2)5-13(4-9)18-14-11(7-16)6-12(15)8-17-14/h3-6,8H,1-2H3,(H,17,18). The number of nitrogens with zero attached hydrogens (tertiary/aromatic N) is 2. The molecule has 2 aromatic rings. The van der Waals surface area contributed by atoms with Crippen LogP contribution < -0.4 is 5.32 Å². The highest BCUT2D eigenvalue weighted by molar-refractivity contribution is 9.10. The lowest BCUT2D eigenvalue weighted by molar-refractivity contribution is 1.26. The molecule has 0 radical (unpaired) electrons. The van der Waals surface area contributed by atoms with Crippen LogP contribution in [0.2, 0.25) is 0 Å². The number of nitrogens with one attached hydrogen (secondary N) is 1. The van der Waals surface area contributed by atoms with E-state index in [9.17, 15) is 0 Å². The fourth-order valence-corrected chi connectivity index (χ4v) is 2.14. The smallest absolute Gasteiger partial charge is 0.148 e. The Morgan fingerprint density at radius 3 is 2.44 bits per heavy atom. The molecule has 0 unspecified atom stereocenters. The molecular weight excluding hydrogens is 290 g/mol. The van der Waals surface area contributed by atoms with E-state index in [1.54, 1.807) is 12.3 Å². The second kappa shape index (κ2) is 5.19. The van der Waals surface area contributed by atoms with Crippen LogP contribution >= 0.6 is 15.9 Å². The molecule has 0 aliphatic rings. The molecule has 0 atom stereocenters. The topological polar surface area (TPSA) is 48.7 Å². The minimum Gasteiger partial charge on any atom is -0.339 e. The van der Waals surface area contributed by atoms with Gasteiger partial charge in [-0.1, -0.05) is 6.07 Å². The molecule has 0 saturated carbocycles. The number of nitriles is 1. The largest absolute Gasteiger partial charge is 0.339 e. The summed E-state index contributed by atoms with van der Waals surface area (Å²) in [5.74, 6) is 0.575. The predicted octanol–water partition coefficient (Wildman–Crippen LogP) is 4.08. The summed E-state index contributed by atoms with van der Waals surface area (Å²) in [6, 6.07) is 10.0. The summed E-state index contributed by atoms with van der Waals surface area (Å²) >= 11 is 3.30. The third-order valence-corrected chi connectivity index (χ3v) is 2.89. The zero-order valence-electron chi connectivity index (χ0n) is 10.2. The first-order valence-electron chi connectivity index (χ1n) is 5.49. The molecule has 1 aromatic heterocycles. The van der Waals surface area contributed by atoms with Crippen LogP contribution in [-0.2, 0) is 0 Å². The van der Waals surface area contributed by atoms with E-state index in [1.807, 2.05) is 26.0 Å². The summed E-state index contributed by atoms with van der Waals surface area (Å²) in [6.07, 6.45) is 1.67. The number of rotatable bonds is 2. The fourth-order valence-electron chi connectivity index (χ4n) is 1.81. The summed E-state index contributed by atoms with van der Waals surface area (Å²) in [5, 5.41) is 12.3. The van der Waals surface area contributed by atoms with Crippen LogP contribution in [0.3, 0.4) is 0 Å². The summed E-state index contributed by atoms with van der Waals surface area (Å²) in [4.78, 5) is 4.22. The van der Waals surface area contributed by atoms with Gasteiger partial charge in [0, 0.05) is 16.4 Å². The van der Waals surface area contributed by atoms with Crippen molar-refractivity contribution in [3.63, 3.8) is 0 Å². The summed E-state index contributed by atoms with van der Waals surface area (Å²) in [5.41, 5.74) is 3.81. The van der Waals surface area contributed by atoms with Gasteiger partial charge in [0.25, 0.3) is 0 Å². The van der Waals surface area contributed by atoms with E-state index in [2.05, 4.69) is 38.4 Å². The molecule has 90 valence electrons. The fraction of sp³-hybridized carbons (Fsp3) is 0.143. The highest BCUT2D eigenvalue weighted by Gasteiger charge is 2.05. The van der Waals surface area contributed by atoms with Gasteiger partial charge in [0.2, 0.25) is 0 Å². The molecule has 1 aromatic carbocycles. The summed E-state index contributed by atoms with van der Waals surface area (Å²) in [6.45, 7) is 4.08. The first-order valence-corrected chi connectivity index (χ1v) is 6.29. The lowest BCUT2D eigenvalue weighted by Crippen LogP contribution is -1.97. The lowest BCUT2D eigenvalue weighted by Gasteiger charge is -2.09.